The maximum atomic E-state index is 14.2. The molecular formula is C13H15ClFNO2. The van der Waals surface area contributed by atoms with E-state index < -0.39 is 11.9 Å². The molecule has 0 amide bonds. The maximum Gasteiger partial charge on any atom is 0.307 e. The molecule has 1 saturated heterocycles. The van der Waals surface area contributed by atoms with E-state index in [4.69, 9.17) is 16.7 Å². The molecule has 2 unspecified atom stereocenters. The van der Waals surface area contributed by atoms with Crippen LogP contribution in [-0.4, -0.2) is 17.6 Å². The van der Waals surface area contributed by atoms with E-state index in [1.807, 2.05) is 0 Å². The van der Waals surface area contributed by atoms with E-state index in [9.17, 15) is 9.18 Å². The summed E-state index contributed by atoms with van der Waals surface area (Å²) in [5.41, 5.74) is 1.67. The smallest absolute Gasteiger partial charge is 0.307 e. The fourth-order valence-corrected chi connectivity index (χ4v) is 2.69. The van der Waals surface area contributed by atoms with Crippen LogP contribution < -0.4 is 5.32 Å². The third-order valence-electron chi connectivity index (χ3n) is 3.52. The molecule has 0 saturated carbocycles. The largest absolute Gasteiger partial charge is 0.481 e. The Bertz CT molecular complexity index is 478. The second kappa shape index (κ2) is 4.86. The van der Waals surface area contributed by atoms with E-state index in [0.717, 1.165) is 0 Å². The first kappa shape index (κ1) is 13.3. The highest BCUT2D eigenvalue weighted by molar-refractivity contribution is 6.31. The molecule has 1 aromatic carbocycles. The van der Waals surface area contributed by atoms with Gasteiger partial charge in [-0.2, -0.15) is 0 Å². The number of carbonyl (C=O) groups is 1. The van der Waals surface area contributed by atoms with Gasteiger partial charge in [0.25, 0.3) is 0 Å². The Kier molecular flexibility index (Phi) is 3.59. The Morgan fingerprint density at radius 3 is 2.78 bits per heavy atom. The predicted molar refractivity (Wildman–Crippen MR) is 67.4 cm³/mol. The second-order valence-corrected chi connectivity index (χ2v) is 5.17. The number of rotatable bonds is 2. The van der Waals surface area contributed by atoms with Crippen molar-refractivity contribution < 1.29 is 14.3 Å². The van der Waals surface area contributed by atoms with Gasteiger partial charge in [-0.25, -0.2) is 4.39 Å². The molecule has 0 aromatic heterocycles. The first-order valence-corrected chi connectivity index (χ1v) is 6.21. The molecule has 1 aromatic rings. The summed E-state index contributed by atoms with van der Waals surface area (Å²) in [4.78, 5) is 10.9. The van der Waals surface area contributed by atoms with Crippen molar-refractivity contribution in [2.24, 2.45) is 5.92 Å². The molecule has 98 valence electrons. The van der Waals surface area contributed by atoms with Gasteiger partial charge in [-0.1, -0.05) is 11.6 Å². The van der Waals surface area contributed by atoms with Crippen LogP contribution in [0, 0.1) is 25.6 Å². The van der Waals surface area contributed by atoms with Crippen LogP contribution in [0.1, 0.15) is 29.2 Å². The van der Waals surface area contributed by atoms with Crippen LogP contribution in [0.2, 0.25) is 5.02 Å². The van der Waals surface area contributed by atoms with Crippen LogP contribution in [0.15, 0.2) is 6.07 Å². The highest BCUT2D eigenvalue weighted by atomic mass is 35.5. The second-order valence-electron chi connectivity index (χ2n) is 4.76. The topological polar surface area (TPSA) is 49.3 Å². The first-order chi connectivity index (χ1) is 8.41. The SMILES string of the molecule is Cc1cc(Cl)c(C)c(C2CC(C(=O)O)CN2)c1F. The molecule has 2 atom stereocenters. The minimum atomic E-state index is -0.846. The molecule has 5 heteroatoms. The van der Waals surface area contributed by atoms with Gasteiger partial charge >= 0.3 is 5.97 Å². The number of halogens is 2. The normalized spacial score (nSPS) is 23.3. The number of hydrogen-bond acceptors (Lipinski definition) is 2. The highest BCUT2D eigenvalue weighted by Gasteiger charge is 2.33. The predicted octanol–water partition coefficient (Wildman–Crippen LogP) is 2.83. The van der Waals surface area contributed by atoms with Gasteiger partial charge in [0, 0.05) is 23.2 Å². The minimum absolute atomic E-state index is 0.275. The highest BCUT2D eigenvalue weighted by Crippen LogP contribution is 2.35. The van der Waals surface area contributed by atoms with E-state index in [0.29, 0.717) is 34.7 Å². The summed E-state index contributed by atoms with van der Waals surface area (Å²) >= 11 is 6.06. The van der Waals surface area contributed by atoms with Crippen molar-refractivity contribution >= 4 is 17.6 Å². The number of benzene rings is 1. The number of aryl methyl sites for hydroxylation is 1. The molecule has 2 rings (SSSR count). The number of nitrogens with one attached hydrogen (secondary N) is 1. The van der Waals surface area contributed by atoms with E-state index in [1.54, 1.807) is 19.9 Å². The lowest BCUT2D eigenvalue weighted by Gasteiger charge is -2.17. The van der Waals surface area contributed by atoms with Gasteiger partial charge < -0.3 is 10.4 Å². The van der Waals surface area contributed by atoms with Crippen LogP contribution in [0.5, 0.6) is 0 Å². The zero-order chi connectivity index (χ0) is 13.4. The van der Waals surface area contributed by atoms with Crippen LogP contribution in [0.25, 0.3) is 0 Å². The van der Waals surface area contributed by atoms with Crippen molar-refractivity contribution in [1.82, 2.24) is 5.32 Å². The summed E-state index contributed by atoms with van der Waals surface area (Å²) in [7, 11) is 0. The van der Waals surface area contributed by atoms with E-state index in [1.165, 1.54) is 0 Å². The Hall–Kier alpha value is -1.13. The standard InChI is InChI=1S/C13H15ClFNO2/c1-6-3-9(14)7(2)11(12(6)15)10-4-8(5-16-10)13(17)18/h3,8,10,16H,4-5H2,1-2H3,(H,17,18). The van der Waals surface area contributed by atoms with Crippen molar-refractivity contribution in [1.29, 1.82) is 0 Å². The third kappa shape index (κ3) is 2.22. The van der Waals surface area contributed by atoms with E-state index >= 15 is 0 Å². The first-order valence-electron chi connectivity index (χ1n) is 5.83. The molecule has 0 aliphatic carbocycles. The van der Waals surface area contributed by atoms with Crippen LogP contribution in [-0.2, 0) is 4.79 Å². The van der Waals surface area contributed by atoms with Gasteiger partial charge in [0.15, 0.2) is 0 Å². The lowest BCUT2D eigenvalue weighted by atomic mass is 9.94. The van der Waals surface area contributed by atoms with Crippen LogP contribution in [0.3, 0.4) is 0 Å². The minimum Gasteiger partial charge on any atom is -0.481 e. The van der Waals surface area contributed by atoms with Gasteiger partial charge in [0.1, 0.15) is 5.82 Å². The van der Waals surface area contributed by atoms with E-state index in [2.05, 4.69) is 5.32 Å². The monoisotopic (exact) mass is 271 g/mol. The molecule has 1 aliphatic rings. The van der Waals surface area contributed by atoms with Crippen molar-refractivity contribution in [2.45, 2.75) is 26.3 Å². The molecule has 2 N–H and O–H groups in total. The number of hydrogen-bond donors (Lipinski definition) is 2. The van der Waals surface area contributed by atoms with Crippen molar-refractivity contribution in [3.8, 4) is 0 Å². The van der Waals surface area contributed by atoms with Gasteiger partial charge in [0.2, 0.25) is 0 Å². The lowest BCUT2D eigenvalue weighted by molar-refractivity contribution is -0.141. The Balaban J connectivity index is 2.38. The Labute approximate surface area is 110 Å². The fraction of sp³-hybridized carbons (Fsp3) is 0.462. The van der Waals surface area contributed by atoms with Crippen LogP contribution in [0.4, 0.5) is 4.39 Å². The molecule has 0 spiro atoms. The van der Waals surface area contributed by atoms with Crippen molar-refractivity contribution in [3.63, 3.8) is 0 Å². The zero-order valence-electron chi connectivity index (χ0n) is 10.3. The number of carboxylic acids is 1. The third-order valence-corrected chi connectivity index (χ3v) is 3.91. The fourth-order valence-electron chi connectivity index (χ4n) is 2.43. The van der Waals surface area contributed by atoms with Gasteiger partial charge in [-0.3, -0.25) is 4.79 Å². The van der Waals surface area contributed by atoms with E-state index in [-0.39, 0.29) is 11.9 Å². The molecule has 1 fully saturated rings. The lowest BCUT2D eigenvalue weighted by Crippen LogP contribution is -2.18. The molecular weight excluding hydrogens is 257 g/mol. The molecule has 0 bridgehead atoms. The molecule has 18 heavy (non-hydrogen) atoms. The van der Waals surface area contributed by atoms with Gasteiger partial charge in [0.05, 0.1) is 5.92 Å². The molecule has 1 heterocycles. The van der Waals surface area contributed by atoms with Crippen molar-refractivity contribution in [2.75, 3.05) is 6.54 Å². The average molecular weight is 272 g/mol. The molecule has 0 radical (unpaired) electrons. The average Bonchev–Trinajstić information content (AvgIpc) is 2.76. The summed E-state index contributed by atoms with van der Waals surface area (Å²) < 4.78 is 14.2. The maximum absolute atomic E-state index is 14.2. The zero-order valence-corrected chi connectivity index (χ0v) is 11.0. The summed E-state index contributed by atoms with van der Waals surface area (Å²) in [6.07, 6.45) is 0.396. The van der Waals surface area contributed by atoms with Crippen LogP contribution >= 0.6 is 11.6 Å². The number of aliphatic carboxylic acids is 1. The van der Waals surface area contributed by atoms with Crippen molar-refractivity contribution in [3.05, 3.63) is 33.6 Å². The van der Waals surface area contributed by atoms with Gasteiger partial charge in [-0.15, -0.1) is 0 Å². The summed E-state index contributed by atoms with van der Waals surface area (Å²) in [5.74, 6) is -1.60. The number of carboxylic acid groups (broad SMARTS) is 1. The molecule has 3 nitrogen and oxygen atoms in total. The summed E-state index contributed by atoms with van der Waals surface area (Å²) in [5, 5.41) is 12.5. The summed E-state index contributed by atoms with van der Waals surface area (Å²) in [6.45, 7) is 3.79. The quantitative estimate of drug-likeness (QED) is 0.870. The Morgan fingerprint density at radius 1 is 1.56 bits per heavy atom. The Morgan fingerprint density at radius 2 is 2.22 bits per heavy atom. The summed E-state index contributed by atoms with van der Waals surface area (Å²) in [6, 6.07) is 1.32. The van der Waals surface area contributed by atoms with Gasteiger partial charge in [-0.05, 0) is 37.5 Å². The molecule has 1 aliphatic heterocycles.